The lowest BCUT2D eigenvalue weighted by Crippen LogP contribution is -2.62. The summed E-state index contributed by atoms with van der Waals surface area (Å²) in [7, 11) is 0. The molecule has 2 atom stereocenters. The Balaban J connectivity index is 2.28. The summed E-state index contributed by atoms with van der Waals surface area (Å²) in [6, 6.07) is -0.00231. The van der Waals surface area contributed by atoms with Gasteiger partial charge in [0, 0.05) is 12.6 Å². The molecule has 1 heterocycles. The van der Waals surface area contributed by atoms with Gasteiger partial charge in [0.15, 0.2) is 0 Å². The molecule has 2 unspecified atom stereocenters. The molecule has 0 spiro atoms. The number of aldehydes is 1. The fraction of sp³-hybridized carbons (Fsp3) is 0.750. The molecule has 40 valence electrons. The Kier molecular flexibility index (Phi) is 1.08. The van der Waals surface area contributed by atoms with E-state index in [1.54, 1.807) is 0 Å². The fourth-order valence-corrected chi connectivity index (χ4v) is 0.539. The van der Waals surface area contributed by atoms with Gasteiger partial charge in [-0.1, -0.05) is 0 Å². The van der Waals surface area contributed by atoms with Crippen LogP contribution in [0, 0.1) is 0 Å². The van der Waals surface area contributed by atoms with Gasteiger partial charge >= 0.3 is 0 Å². The average Bonchev–Trinajstić information content (AvgIpc) is 1.65. The lowest BCUT2D eigenvalue weighted by molar-refractivity contribution is -0.111. The Labute approximate surface area is 41.9 Å². The van der Waals surface area contributed by atoms with Crippen LogP contribution in [0.25, 0.3) is 0 Å². The number of nitrogens with two attached hydrogens (primary N) is 1. The van der Waals surface area contributed by atoms with Crippen molar-refractivity contribution >= 4 is 6.29 Å². The molecule has 0 aliphatic carbocycles. The van der Waals surface area contributed by atoms with Gasteiger partial charge in [-0.2, -0.15) is 0 Å². The summed E-state index contributed by atoms with van der Waals surface area (Å²) in [5.41, 5.74) is 5.34. The Morgan fingerprint density at radius 3 is 2.57 bits per heavy atom. The van der Waals surface area contributed by atoms with Crippen molar-refractivity contribution in [1.29, 1.82) is 0 Å². The van der Waals surface area contributed by atoms with Gasteiger partial charge in [0.25, 0.3) is 0 Å². The maximum atomic E-state index is 9.86. The monoisotopic (exact) mass is 100 g/mol. The van der Waals surface area contributed by atoms with Gasteiger partial charge in [-0.25, -0.2) is 0 Å². The van der Waals surface area contributed by atoms with Gasteiger partial charge in [0.1, 0.15) is 6.29 Å². The first kappa shape index (κ1) is 4.74. The first-order valence-electron chi connectivity index (χ1n) is 2.29. The van der Waals surface area contributed by atoms with Gasteiger partial charge in [-0.15, -0.1) is 0 Å². The molecule has 1 fully saturated rings. The van der Waals surface area contributed by atoms with Crippen LogP contribution >= 0.6 is 0 Å². The molecule has 0 amide bonds. The van der Waals surface area contributed by atoms with E-state index in [1.165, 1.54) is 0 Å². The molecular weight excluding hydrogens is 92.1 g/mol. The topological polar surface area (TPSA) is 55.1 Å². The van der Waals surface area contributed by atoms with Gasteiger partial charge in [-0.3, -0.25) is 0 Å². The third kappa shape index (κ3) is 0.642. The fourth-order valence-electron chi connectivity index (χ4n) is 0.539. The van der Waals surface area contributed by atoms with Gasteiger partial charge in [-0.05, 0) is 0 Å². The second kappa shape index (κ2) is 1.60. The Morgan fingerprint density at radius 2 is 2.57 bits per heavy atom. The van der Waals surface area contributed by atoms with E-state index in [9.17, 15) is 4.79 Å². The SMILES string of the molecule is NC1CNC1C=O. The van der Waals surface area contributed by atoms with E-state index >= 15 is 0 Å². The van der Waals surface area contributed by atoms with E-state index in [-0.39, 0.29) is 12.1 Å². The zero-order valence-corrected chi connectivity index (χ0v) is 3.92. The molecule has 0 aromatic heterocycles. The van der Waals surface area contributed by atoms with E-state index in [0.717, 1.165) is 12.8 Å². The van der Waals surface area contributed by atoms with Gasteiger partial charge in [0.05, 0.1) is 6.04 Å². The third-order valence-electron chi connectivity index (χ3n) is 1.20. The standard InChI is InChI=1S/C4H8N2O/c5-3-1-6-4(3)2-7/h2-4,6H,1,5H2. The Bertz CT molecular complexity index is 83.8. The molecule has 3 N–H and O–H groups in total. The van der Waals surface area contributed by atoms with Crippen molar-refractivity contribution in [3.8, 4) is 0 Å². The zero-order chi connectivity index (χ0) is 5.28. The van der Waals surface area contributed by atoms with E-state index in [1.807, 2.05) is 0 Å². The summed E-state index contributed by atoms with van der Waals surface area (Å²) >= 11 is 0. The van der Waals surface area contributed by atoms with Crippen molar-refractivity contribution in [2.45, 2.75) is 12.1 Å². The highest BCUT2D eigenvalue weighted by Crippen LogP contribution is 1.94. The lowest BCUT2D eigenvalue weighted by Gasteiger charge is -2.30. The zero-order valence-electron chi connectivity index (χ0n) is 3.92. The molecule has 3 heteroatoms. The molecule has 3 nitrogen and oxygen atoms in total. The van der Waals surface area contributed by atoms with E-state index in [4.69, 9.17) is 5.73 Å². The van der Waals surface area contributed by atoms with Crippen LogP contribution in [0.5, 0.6) is 0 Å². The second-order valence-corrected chi connectivity index (χ2v) is 1.73. The number of rotatable bonds is 1. The Morgan fingerprint density at radius 1 is 1.86 bits per heavy atom. The maximum Gasteiger partial charge on any atom is 0.138 e. The van der Waals surface area contributed by atoms with Gasteiger partial charge < -0.3 is 15.8 Å². The predicted molar refractivity (Wildman–Crippen MR) is 25.8 cm³/mol. The molecular formula is C4H8N2O. The van der Waals surface area contributed by atoms with Crippen LogP contribution in [-0.2, 0) is 4.79 Å². The summed E-state index contributed by atoms with van der Waals surface area (Å²) in [6.07, 6.45) is 0.841. The van der Waals surface area contributed by atoms with Gasteiger partial charge in [0.2, 0.25) is 0 Å². The van der Waals surface area contributed by atoms with E-state index in [0.29, 0.717) is 0 Å². The van der Waals surface area contributed by atoms with Crippen molar-refractivity contribution in [3.05, 3.63) is 0 Å². The predicted octanol–water partition coefficient (Wildman–Crippen LogP) is -1.52. The van der Waals surface area contributed by atoms with Crippen LogP contribution < -0.4 is 11.1 Å². The Hall–Kier alpha value is -0.410. The summed E-state index contributed by atoms with van der Waals surface area (Å²) in [5, 5.41) is 2.85. The van der Waals surface area contributed by atoms with Crippen molar-refractivity contribution < 1.29 is 4.79 Å². The number of nitrogens with one attached hydrogen (secondary N) is 1. The average molecular weight is 100 g/mol. The lowest BCUT2D eigenvalue weighted by atomic mass is 10.0. The minimum Gasteiger partial charge on any atom is -0.325 e. The van der Waals surface area contributed by atoms with E-state index < -0.39 is 0 Å². The highest BCUT2D eigenvalue weighted by Gasteiger charge is 2.24. The quantitative estimate of drug-likeness (QED) is 0.394. The summed E-state index contributed by atoms with van der Waals surface area (Å²) in [5.74, 6) is 0. The van der Waals surface area contributed by atoms with Crippen LogP contribution in [0.1, 0.15) is 0 Å². The number of carbonyl (C=O) groups excluding carboxylic acids is 1. The summed E-state index contributed by atoms with van der Waals surface area (Å²) in [4.78, 5) is 9.86. The number of hydrogen-bond acceptors (Lipinski definition) is 3. The van der Waals surface area contributed by atoms with Crippen molar-refractivity contribution in [1.82, 2.24) is 5.32 Å². The minimum atomic E-state index is -0.0694. The molecule has 1 aliphatic rings. The summed E-state index contributed by atoms with van der Waals surface area (Å²) < 4.78 is 0. The largest absolute Gasteiger partial charge is 0.325 e. The summed E-state index contributed by atoms with van der Waals surface area (Å²) in [6.45, 7) is 0.781. The minimum absolute atomic E-state index is 0.0671. The molecule has 0 aromatic carbocycles. The van der Waals surface area contributed by atoms with Crippen molar-refractivity contribution in [3.63, 3.8) is 0 Å². The molecule has 1 aliphatic heterocycles. The van der Waals surface area contributed by atoms with Crippen LogP contribution in [0.3, 0.4) is 0 Å². The van der Waals surface area contributed by atoms with Crippen LogP contribution in [-0.4, -0.2) is 24.9 Å². The van der Waals surface area contributed by atoms with Crippen molar-refractivity contribution in [2.24, 2.45) is 5.73 Å². The molecule has 0 radical (unpaired) electrons. The molecule has 1 rings (SSSR count). The third-order valence-corrected chi connectivity index (χ3v) is 1.20. The molecule has 0 saturated carbocycles. The molecule has 0 bridgehead atoms. The highest BCUT2D eigenvalue weighted by atomic mass is 16.1. The van der Waals surface area contributed by atoms with Crippen molar-refractivity contribution in [2.75, 3.05) is 6.54 Å². The van der Waals surface area contributed by atoms with Crippen LogP contribution in [0.2, 0.25) is 0 Å². The highest BCUT2D eigenvalue weighted by molar-refractivity contribution is 5.60. The number of hydrogen-bond donors (Lipinski definition) is 2. The molecule has 7 heavy (non-hydrogen) atoms. The normalized spacial score (nSPS) is 39.6. The first-order chi connectivity index (χ1) is 3.34. The number of carbonyl (C=O) groups is 1. The first-order valence-corrected chi connectivity index (χ1v) is 2.29. The molecule has 0 aromatic rings. The van der Waals surface area contributed by atoms with Crippen LogP contribution in [0.4, 0.5) is 0 Å². The molecule has 1 saturated heterocycles. The maximum absolute atomic E-state index is 9.86. The van der Waals surface area contributed by atoms with E-state index in [2.05, 4.69) is 5.32 Å². The van der Waals surface area contributed by atoms with Crippen LogP contribution in [0.15, 0.2) is 0 Å². The smallest absolute Gasteiger partial charge is 0.138 e. The second-order valence-electron chi connectivity index (χ2n) is 1.73.